The lowest BCUT2D eigenvalue weighted by molar-refractivity contribution is 0.0971. The van der Waals surface area contributed by atoms with E-state index in [1.165, 1.54) is 0 Å². The van der Waals surface area contributed by atoms with Crippen molar-refractivity contribution < 1.29 is 5.11 Å². The van der Waals surface area contributed by atoms with Crippen molar-refractivity contribution in [2.75, 3.05) is 24.2 Å². The summed E-state index contributed by atoms with van der Waals surface area (Å²) in [5.74, 6) is 0.269. The maximum Gasteiger partial charge on any atom is 0.107 e. The Kier molecular flexibility index (Phi) is 4.71. The SMILES string of the molecule is CSc1cccc(N2CCC(O)C(C)C2)c1C(N)=S. The molecule has 3 nitrogen and oxygen atoms in total. The summed E-state index contributed by atoms with van der Waals surface area (Å²) < 4.78 is 0. The van der Waals surface area contributed by atoms with Gasteiger partial charge in [0.1, 0.15) is 4.99 Å². The highest BCUT2D eigenvalue weighted by Crippen LogP contribution is 2.32. The van der Waals surface area contributed by atoms with Crippen LogP contribution in [-0.4, -0.2) is 35.5 Å². The van der Waals surface area contributed by atoms with Crippen molar-refractivity contribution >= 4 is 34.7 Å². The first kappa shape index (κ1) is 14.6. The van der Waals surface area contributed by atoms with Crippen molar-refractivity contribution in [2.24, 2.45) is 11.7 Å². The molecule has 1 saturated heterocycles. The number of nitrogens with zero attached hydrogens (tertiary/aromatic N) is 1. The molecule has 0 aliphatic carbocycles. The fraction of sp³-hybridized carbons (Fsp3) is 0.500. The van der Waals surface area contributed by atoms with E-state index in [0.717, 1.165) is 35.7 Å². The van der Waals surface area contributed by atoms with E-state index in [1.54, 1.807) is 11.8 Å². The van der Waals surface area contributed by atoms with Crippen molar-refractivity contribution in [3.8, 4) is 0 Å². The molecule has 0 saturated carbocycles. The molecule has 2 atom stereocenters. The number of thioether (sulfide) groups is 1. The number of anilines is 1. The molecule has 0 spiro atoms. The van der Waals surface area contributed by atoms with E-state index in [4.69, 9.17) is 18.0 Å². The van der Waals surface area contributed by atoms with E-state index < -0.39 is 0 Å². The summed E-state index contributed by atoms with van der Waals surface area (Å²) in [5.41, 5.74) is 7.96. The molecule has 0 radical (unpaired) electrons. The topological polar surface area (TPSA) is 49.5 Å². The summed E-state index contributed by atoms with van der Waals surface area (Å²) >= 11 is 6.87. The molecule has 1 aliphatic heterocycles. The van der Waals surface area contributed by atoms with Gasteiger partial charge in [-0.15, -0.1) is 11.8 Å². The number of thiocarbonyl (C=S) groups is 1. The van der Waals surface area contributed by atoms with Gasteiger partial charge in [-0.05, 0) is 30.7 Å². The Bertz CT molecular complexity index is 479. The molecule has 104 valence electrons. The zero-order valence-corrected chi connectivity index (χ0v) is 12.9. The molecule has 0 aromatic heterocycles. The van der Waals surface area contributed by atoms with Crippen LogP contribution in [0.5, 0.6) is 0 Å². The number of nitrogens with two attached hydrogens (primary N) is 1. The van der Waals surface area contributed by atoms with Crippen LogP contribution in [0.4, 0.5) is 5.69 Å². The number of piperidine rings is 1. The van der Waals surface area contributed by atoms with Crippen molar-refractivity contribution in [1.29, 1.82) is 0 Å². The van der Waals surface area contributed by atoms with E-state index in [0.29, 0.717) is 4.99 Å². The largest absolute Gasteiger partial charge is 0.393 e. The van der Waals surface area contributed by atoms with Gasteiger partial charge in [-0.3, -0.25) is 0 Å². The van der Waals surface area contributed by atoms with Crippen LogP contribution in [0.15, 0.2) is 23.1 Å². The van der Waals surface area contributed by atoms with Crippen molar-refractivity contribution in [1.82, 2.24) is 0 Å². The molecular weight excluding hydrogens is 276 g/mol. The molecule has 1 aromatic carbocycles. The third-order valence-corrected chi connectivity index (χ3v) is 4.66. The van der Waals surface area contributed by atoms with Gasteiger partial charge < -0.3 is 15.7 Å². The summed E-state index contributed by atoms with van der Waals surface area (Å²) in [7, 11) is 0. The Morgan fingerprint density at radius 2 is 2.26 bits per heavy atom. The Morgan fingerprint density at radius 3 is 2.84 bits per heavy atom. The molecule has 1 heterocycles. The molecule has 5 heteroatoms. The van der Waals surface area contributed by atoms with Gasteiger partial charge in [0, 0.05) is 29.2 Å². The zero-order chi connectivity index (χ0) is 14.0. The monoisotopic (exact) mass is 296 g/mol. The number of hydrogen-bond acceptors (Lipinski definition) is 4. The Balaban J connectivity index is 2.37. The molecule has 2 unspecified atom stereocenters. The highest BCUT2D eigenvalue weighted by atomic mass is 32.2. The highest BCUT2D eigenvalue weighted by molar-refractivity contribution is 7.98. The first-order chi connectivity index (χ1) is 9.04. The van der Waals surface area contributed by atoms with Gasteiger partial charge in [-0.2, -0.15) is 0 Å². The minimum Gasteiger partial charge on any atom is -0.393 e. The lowest BCUT2D eigenvalue weighted by Crippen LogP contribution is -2.42. The second-order valence-electron chi connectivity index (χ2n) is 5.00. The summed E-state index contributed by atoms with van der Waals surface area (Å²) in [4.78, 5) is 3.84. The van der Waals surface area contributed by atoms with Crippen LogP contribution in [0, 0.1) is 5.92 Å². The van der Waals surface area contributed by atoms with Gasteiger partial charge in [-0.1, -0.05) is 25.2 Å². The molecule has 1 aliphatic rings. The number of hydrogen-bond donors (Lipinski definition) is 2. The predicted molar refractivity (Wildman–Crippen MR) is 86.1 cm³/mol. The number of aliphatic hydroxyl groups excluding tert-OH is 1. The van der Waals surface area contributed by atoms with Crippen LogP contribution in [0.1, 0.15) is 18.9 Å². The third-order valence-electron chi connectivity index (χ3n) is 3.67. The van der Waals surface area contributed by atoms with Gasteiger partial charge >= 0.3 is 0 Å². The fourth-order valence-electron chi connectivity index (χ4n) is 2.55. The van der Waals surface area contributed by atoms with E-state index in [1.807, 2.05) is 18.4 Å². The summed E-state index contributed by atoms with van der Waals surface area (Å²) in [6.45, 7) is 3.77. The van der Waals surface area contributed by atoms with Gasteiger partial charge in [0.25, 0.3) is 0 Å². The third kappa shape index (κ3) is 3.04. The number of benzene rings is 1. The average Bonchev–Trinajstić information content (AvgIpc) is 2.40. The van der Waals surface area contributed by atoms with Gasteiger partial charge in [-0.25, -0.2) is 0 Å². The predicted octanol–water partition coefficient (Wildman–Crippen LogP) is 2.25. The second kappa shape index (κ2) is 6.11. The van der Waals surface area contributed by atoms with Gasteiger partial charge in [0.05, 0.1) is 6.10 Å². The fourth-order valence-corrected chi connectivity index (χ4v) is 3.47. The Labute approximate surface area is 124 Å². The van der Waals surface area contributed by atoms with Gasteiger partial charge in [0.2, 0.25) is 0 Å². The Morgan fingerprint density at radius 1 is 1.53 bits per heavy atom. The van der Waals surface area contributed by atoms with Crippen LogP contribution < -0.4 is 10.6 Å². The molecule has 19 heavy (non-hydrogen) atoms. The molecule has 3 N–H and O–H groups in total. The second-order valence-corrected chi connectivity index (χ2v) is 6.29. The van der Waals surface area contributed by atoms with Crippen molar-refractivity contribution in [3.05, 3.63) is 23.8 Å². The van der Waals surface area contributed by atoms with Crippen molar-refractivity contribution in [3.63, 3.8) is 0 Å². The minimum absolute atomic E-state index is 0.201. The highest BCUT2D eigenvalue weighted by Gasteiger charge is 2.26. The van der Waals surface area contributed by atoms with Gasteiger partial charge in [0.15, 0.2) is 0 Å². The number of aliphatic hydroxyl groups is 1. The van der Waals surface area contributed by atoms with Crippen LogP contribution in [0.3, 0.4) is 0 Å². The molecule has 0 bridgehead atoms. The normalized spacial score (nSPS) is 23.4. The van der Waals surface area contributed by atoms with Crippen LogP contribution in [-0.2, 0) is 0 Å². The zero-order valence-electron chi connectivity index (χ0n) is 11.3. The first-order valence-electron chi connectivity index (χ1n) is 6.44. The van der Waals surface area contributed by atoms with E-state index in [2.05, 4.69) is 17.9 Å². The maximum atomic E-state index is 9.84. The summed E-state index contributed by atoms with van der Waals surface area (Å²) in [6.07, 6.45) is 2.62. The van der Waals surface area contributed by atoms with E-state index in [-0.39, 0.29) is 12.0 Å². The Hall–Kier alpha value is -0.780. The first-order valence-corrected chi connectivity index (χ1v) is 8.07. The van der Waals surface area contributed by atoms with Crippen LogP contribution >= 0.6 is 24.0 Å². The molecule has 0 amide bonds. The lowest BCUT2D eigenvalue weighted by atomic mass is 9.95. The maximum absolute atomic E-state index is 9.84. The smallest absolute Gasteiger partial charge is 0.107 e. The molecule has 1 fully saturated rings. The van der Waals surface area contributed by atoms with Crippen LogP contribution in [0.2, 0.25) is 0 Å². The van der Waals surface area contributed by atoms with E-state index in [9.17, 15) is 5.11 Å². The summed E-state index contributed by atoms with van der Waals surface area (Å²) in [6, 6.07) is 6.15. The lowest BCUT2D eigenvalue weighted by Gasteiger charge is -2.37. The minimum atomic E-state index is -0.201. The molecule has 2 rings (SSSR count). The number of rotatable bonds is 3. The molecule has 1 aromatic rings. The standard InChI is InChI=1S/C14H20N2OS2/c1-9-8-16(7-6-11(9)17)10-4-3-5-12(19-2)13(10)14(15)18/h3-5,9,11,17H,6-8H2,1-2H3,(H2,15,18). The summed E-state index contributed by atoms with van der Waals surface area (Å²) in [5, 5.41) is 9.84. The average molecular weight is 296 g/mol. The van der Waals surface area contributed by atoms with E-state index >= 15 is 0 Å². The van der Waals surface area contributed by atoms with Crippen LogP contribution in [0.25, 0.3) is 0 Å². The van der Waals surface area contributed by atoms with Crippen molar-refractivity contribution in [2.45, 2.75) is 24.3 Å². The molecular formula is C14H20N2OS2. The quantitative estimate of drug-likeness (QED) is 0.662.